The Labute approximate surface area is 86.5 Å². The number of carboxylic acids is 2. The van der Waals surface area contributed by atoms with Crippen molar-refractivity contribution in [1.82, 2.24) is 0 Å². The van der Waals surface area contributed by atoms with Gasteiger partial charge in [-0.25, -0.2) is 9.59 Å². The van der Waals surface area contributed by atoms with Crippen molar-refractivity contribution >= 4 is 11.9 Å². The van der Waals surface area contributed by atoms with Crippen molar-refractivity contribution < 1.29 is 34.0 Å². The average molecular weight is 222 g/mol. The molecule has 7 heteroatoms. The second-order valence-corrected chi connectivity index (χ2v) is 2.57. The lowest BCUT2D eigenvalue weighted by molar-refractivity contribution is -0.148. The van der Waals surface area contributed by atoms with Crippen molar-refractivity contribution in [1.29, 1.82) is 0 Å². The van der Waals surface area contributed by atoms with Crippen LogP contribution in [-0.4, -0.2) is 55.4 Å². The molecule has 0 saturated carbocycles. The standard InChI is InChI=1S/C8H14O7/c9-7(10)4-13-2-1-3-14-6-15-5-8(11)12/h1-6H2,(H,9,10)(H,11,12). The number of carboxylic acid groups (broad SMARTS) is 2. The van der Waals surface area contributed by atoms with Gasteiger partial charge in [-0.15, -0.1) is 0 Å². The smallest absolute Gasteiger partial charge is 0.329 e. The molecular weight excluding hydrogens is 208 g/mol. The van der Waals surface area contributed by atoms with Gasteiger partial charge in [-0.05, 0) is 6.42 Å². The molecule has 0 unspecified atom stereocenters. The molecule has 0 aliphatic carbocycles. The van der Waals surface area contributed by atoms with Gasteiger partial charge in [0.05, 0.1) is 6.61 Å². The summed E-state index contributed by atoms with van der Waals surface area (Å²) in [6, 6.07) is 0. The topological polar surface area (TPSA) is 102 Å². The second kappa shape index (κ2) is 9.38. The molecule has 88 valence electrons. The maximum Gasteiger partial charge on any atom is 0.329 e. The van der Waals surface area contributed by atoms with Gasteiger partial charge in [-0.1, -0.05) is 0 Å². The van der Waals surface area contributed by atoms with Gasteiger partial charge in [0.1, 0.15) is 20.0 Å². The molecule has 7 nitrogen and oxygen atoms in total. The number of rotatable bonds is 10. The van der Waals surface area contributed by atoms with Gasteiger partial charge in [0.2, 0.25) is 0 Å². The van der Waals surface area contributed by atoms with E-state index in [1.165, 1.54) is 0 Å². The Morgan fingerprint density at radius 3 is 2.00 bits per heavy atom. The van der Waals surface area contributed by atoms with Crippen molar-refractivity contribution in [2.24, 2.45) is 0 Å². The van der Waals surface area contributed by atoms with Crippen molar-refractivity contribution in [2.45, 2.75) is 6.42 Å². The molecule has 0 spiro atoms. The molecule has 0 aromatic carbocycles. The number of hydrogen-bond acceptors (Lipinski definition) is 5. The van der Waals surface area contributed by atoms with Gasteiger partial charge in [-0.3, -0.25) is 0 Å². The van der Waals surface area contributed by atoms with E-state index in [4.69, 9.17) is 19.7 Å². The molecule has 0 aromatic rings. The molecule has 0 rings (SSSR count). The predicted octanol–water partition coefficient (Wildman–Crippen LogP) is -0.447. The van der Waals surface area contributed by atoms with Crippen LogP contribution in [0.2, 0.25) is 0 Å². The van der Waals surface area contributed by atoms with E-state index in [1.54, 1.807) is 0 Å². The molecule has 0 aliphatic heterocycles. The minimum atomic E-state index is -1.05. The van der Waals surface area contributed by atoms with Crippen molar-refractivity contribution in [2.75, 3.05) is 33.2 Å². The van der Waals surface area contributed by atoms with E-state index in [0.717, 1.165) is 0 Å². The quantitative estimate of drug-likeness (QED) is 0.381. The van der Waals surface area contributed by atoms with Gasteiger partial charge in [-0.2, -0.15) is 0 Å². The van der Waals surface area contributed by atoms with E-state index in [-0.39, 0.29) is 20.0 Å². The van der Waals surface area contributed by atoms with E-state index in [9.17, 15) is 9.59 Å². The highest BCUT2D eigenvalue weighted by atomic mass is 16.7. The largest absolute Gasteiger partial charge is 0.480 e. The summed E-state index contributed by atoms with van der Waals surface area (Å²) >= 11 is 0. The molecular formula is C8H14O7. The van der Waals surface area contributed by atoms with E-state index < -0.39 is 18.5 Å². The molecule has 0 fully saturated rings. The lowest BCUT2D eigenvalue weighted by atomic mass is 10.5. The Hall–Kier alpha value is -1.18. The highest BCUT2D eigenvalue weighted by Crippen LogP contribution is 1.86. The summed E-state index contributed by atoms with van der Waals surface area (Å²) in [5.41, 5.74) is 0. The lowest BCUT2D eigenvalue weighted by Crippen LogP contribution is -2.12. The molecule has 0 amide bonds. The molecule has 0 saturated heterocycles. The van der Waals surface area contributed by atoms with Crippen molar-refractivity contribution in [3.05, 3.63) is 0 Å². The minimum absolute atomic E-state index is 0.0920. The Bertz CT molecular complexity index is 171. The Kier molecular flexibility index (Phi) is 8.64. The van der Waals surface area contributed by atoms with Crippen LogP contribution >= 0.6 is 0 Å². The monoisotopic (exact) mass is 222 g/mol. The Balaban J connectivity index is 2.99. The van der Waals surface area contributed by atoms with Crippen LogP contribution in [0.1, 0.15) is 6.42 Å². The summed E-state index contributed by atoms with van der Waals surface area (Å²) in [7, 11) is 0. The van der Waals surface area contributed by atoms with Crippen LogP contribution in [0.3, 0.4) is 0 Å². The zero-order chi connectivity index (χ0) is 11.5. The molecule has 0 heterocycles. The summed E-state index contributed by atoms with van der Waals surface area (Å²) in [6.45, 7) is -0.194. The first-order valence-electron chi connectivity index (χ1n) is 4.29. The fourth-order valence-electron chi connectivity index (χ4n) is 0.669. The Morgan fingerprint density at radius 1 is 0.867 bits per heavy atom. The molecule has 0 bridgehead atoms. The maximum atomic E-state index is 10.0. The molecule has 0 radical (unpaired) electrons. The van der Waals surface area contributed by atoms with Gasteiger partial charge in [0.15, 0.2) is 0 Å². The fraction of sp³-hybridized carbons (Fsp3) is 0.750. The van der Waals surface area contributed by atoms with Crippen molar-refractivity contribution in [3.8, 4) is 0 Å². The third kappa shape index (κ3) is 12.8. The van der Waals surface area contributed by atoms with Crippen LogP contribution in [0.15, 0.2) is 0 Å². The predicted molar refractivity (Wildman–Crippen MR) is 47.5 cm³/mol. The van der Waals surface area contributed by atoms with Crippen LogP contribution < -0.4 is 0 Å². The van der Waals surface area contributed by atoms with E-state index in [1.807, 2.05) is 0 Å². The van der Waals surface area contributed by atoms with Gasteiger partial charge < -0.3 is 24.4 Å². The number of carbonyl (C=O) groups is 2. The first-order valence-corrected chi connectivity index (χ1v) is 4.29. The first kappa shape index (κ1) is 13.8. The number of ether oxygens (including phenoxy) is 3. The van der Waals surface area contributed by atoms with E-state index in [0.29, 0.717) is 13.0 Å². The lowest BCUT2D eigenvalue weighted by Gasteiger charge is -2.03. The third-order valence-corrected chi connectivity index (χ3v) is 1.20. The fourth-order valence-corrected chi connectivity index (χ4v) is 0.669. The number of aliphatic carboxylic acids is 2. The molecule has 15 heavy (non-hydrogen) atoms. The van der Waals surface area contributed by atoms with E-state index in [2.05, 4.69) is 4.74 Å². The maximum absolute atomic E-state index is 10.0. The van der Waals surface area contributed by atoms with Crippen LogP contribution in [0.5, 0.6) is 0 Å². The zero-order valence-electron chi connectivity index (χ0n) is 8.18. The first-order chi connectivity index (χ1) is 7.13. The van der Waals surface area contributed by atoms with Gasteiger partial charge in [0.25, 0.3) is 0 Å². The summed E-state index contributed by atoms with van der Waals surface area (Å²) in [4.78, 5) is 20.0. The summed E-state index contributed by atoms with van der Waals surface area (Å²) in [6.07, 6.45) is 0.531. The zero-order valence-corrected chi connectivity index (χ0v) is 8.18. The Morgan fingerprint density at radius 2 is 1.40 bits per heavy atom. The second-order valence-electron chi connectivity index (χ2n) is 2.57. The highest BCUT2D eigenvalue weighted by molar-refractivity contribution is 5.68. The van der Waals surface area contributed by atoms with Gasteiger partial charge >= 0.3 is 11.9 Å². The highest BCUT2D eigenvalue weighted by Gasteiger charge is 1.97. The summed E-state index contributed by atoms with van der Waals surface area (Å²) < 4.78 is 14.2. The number of hydrogen-bond donors (Lipinski definition) is 2. The van der Waals surface area contributed by atoms with Crippen LogP contribution in [0.25, 0.3) is 0 Å². The molecule has 0 aliphatic rings. The van der Waals surface area contributed by atoms with Gasteiger partial charge in [0, 0.05) is 6.61 Å². The molecule has 0 atom stereocenters. The van der Waals surface area contributed by atoms with Crippen LogP contribution in [0.4, 0.5) is 0 Å². The summed E-state index contributed by atoms with van der Waals surface area (Å²) in [5.74, 6) is -2.07. The summed E-state index contributed by atoms with van der Waals surface area (Å²) in [5, 5.41) is 16.4. The van der Waals surface area contributed by atoms with E-state index >= 15 is 0 Å². The SMILES string of the molecule is O=C(O)COCCCOCOCC(=O)O. The third-order valence-electron chi connectivity index (χ3n) is 1.20. The minimum Gasteiger partial charge on any atom is -0.480 e. The molecule has 2 N–H and O–H groups in total. The van der Waals surface area contributed by atoms with Crippen LogP contribution in [-0.2, 0) is 23.8 Å². The average Bonchev–Trinajstić information content (AvgIpc) is 2.14. The normalized spacial score (nSPS) is 10.1. The molecule has 0 aromatic heterocycles. The van der Waals surface area contributed by atoms with Crippen LogP contribution in [0, 0.1) is 0 Å². The van der Waals surface area contributed by atoms with Crippen molar-refractivity contribution in [3.63, 3.8) is 0 Å².